The summed E-state index contributed by atoms with van der Waals surface area (Å²) < 4.78 is 18.9. The lowest BCUT2D eigenvalue weighted by atomic mass is 10.3. The van der Waals surface area contributed by atoms with Gasteiger partial charge in [-0.05, 0) is 51.8 Å². The van der Waals surface area contributed by atoms with E-state index in [-0.39, 0.29) is 5.82 Å². The quantitative estimate of drug-likeness (QED) is 0.858. The topological polar surface area (TPSA) is 22.1 Å². The standard InChI is InChI=1S/C12H9BrFNO/c13-11-7-10(1-2-12(11)14)16-8-9-3-5-15-6-4-9/h1-7H,8H2. The Kier molecular flexibility index (Phi) is 3.51. The Hall–Kier alpha value is -1.42. The van der Waals surface area contributed by atoms with Gasteiger partial charge in [-0.25, -0.2) is 4.39 Å². The Labute approximate surface area is 101 Å². The number of nitrogens with zero attached hydrogens (tertiary/aromatic N) is 1. The van der Waals surface area contributed by atoms with Crippen LogP contribution in [0.3, 0.4) is 0 Å². The molecule has 0 N–H and O–H groups in total. The molecule has 82 valence electrons. The lowest BCUT2D eigenvalue weighted by molar-refractivity contribution is 0.305. The molecule has 0 saturated carbocycles. The predicted molar refractivity (Wildman–Crippen MR) is 62.7 cm³/mol. The van der Waals surface area contributed by atoms with E-state index >= 15 is 0 Å². The molecule has 0 atom stereocenters. The number of halogens is 2. The van der Waals surface area contributed by atoms with Crippen molar-refractivity contribution in [2.24, 2.45) is 0 Å². The summed E-state index contributed by atoms with van der Waals surface area (Å²) in [6.07, 6.45) is 3.42. The summed E-state index contributed by atoms with van der Waals surface area (Å²) in [7, 11) is 0. The third-order valence-electron chi connectivity index (χ3n) is 2.05. The van der Waals surface area contributed by atoms with Crippen LogP contribution in [-0.2, 0) is 6.61 Å². The molecule has 0 fully saturated rings. The van der Waals surface area contributed by atoms with Crippen LogP contribution in [0.4, 0.5) is 4.39 Å². The van der Waals surface area contributed by atoms with Gasteiger partial charge in [0.1, 0.15) is 18.2 Å². The smallest absolute Gasteiger partial charge is 0.137 e. The Bertz CT molecular complexity index is 476. The third kappa shape index (κ3) is 2.79. The first-order valence-electron chi connectivity index (χ1n) is 4.72. The second kappa shape index (κ2) is 5.07. The molecule has 2 aromatic rings. The molecule has 0 saturated heterocycles. The third-order valence-corrected chi connectivity index (χ3v) is 2.65. The Morgan fingerprint density at radius 1 is 1.19 bits per heavy atom. The highest BCUT2D eigenvalue weighted by Gasteiger charge is 2.01. The Morgan fingerprint density at radius 3 is 2.62 bits per heavy atom. The van der Waals surface area contributed by atoms with Crippen LogP contribution in [0, 0.1) is 5.82 Å². The van der Waals surface area contributed by atoms with Crippen molar-refractivity contribution < 1.29 is 9.13 Å². The van der Waals surface area contributed by atoms with Gasteiger partial charge in [-0.2, -0.15) is 0 Å². The first-order valence-corrected chi connectivity index (χ1v) is 5.52. The summed E-state index contributed by atoms with van der Waals surface area (Å²) in [5.74, 6) is 0.335. The molecule has 1 aromatic heterocycles. The first-order chi connectivity index (χ1) is 7.75. The van der Waals surface area contributed by atoms with E-state index in [0.717, 1.165) is 5.56 Å². The van der Waals surface area contributed by atoms with Gasteiger partial charge in [0.15, 0.2) is 0 Å². The van der Waals surface area contributed by atoms with Gasteiger partial charge in [0.2, 0.25) is 0 Å². The zero-order valence-electron chi connectivity index (χ0n) is 8.36. The highest BCUT2D eigenvalue weighted by atomic mass is 79.9. The minimum Gasteiger partial charge on any atom is -0.489 e. The van der Waals surface area contributed by atoms with Crippen molar-refractivity contribution in [1.82, 2.24) is 4.98 Å². The van der Waals surface area contributed by atoms with E-state index in [2.05, 4.69) is 20.9 Å². The number of ether oxygens (including phenoxy) is 1. The fraction of sp³-hybridized carbons (Fsp3) is 0.0833. The first kappa shape index (κ1) is 11.1. The molecule has 1 heterocycles. The Morgan fingerprint density at radius 2 is 1.94 bits per heavy atom. The summed E-state index contributed by atoms with van der Waals surface area (Å²) in [5.41, 5.74) is 1.02. The van der Waals surface area contributed by atoms with Gasteiger partial charge in [0.25, 0.3) is 0 Å². The van der Waals surface area contributed by atoms with E-state index < -0.39 is 0 Å². The number of aromatic nitrogens is 1. The molecule has 0 unspecified atom stereocenters. The van der Waals surface area contributed by atoms with Gasteiger partial charge in [-0.3, -0.25) is 4.98 Å². The number of hydrogen-bond acceptors (Lipinski definition) is 2. The maximum absolute atomic E-state index is 13.0. The zero-order valence-corrected chi connectivity index (χ0v) is 9.95. The normalized spacial score (nSPS) is 10.1. The van der Waals surface area contributed by atoms with E-state index in [1.54, 1.807) is 24.5 Å². The lowest BCUT2D eigenvalue weighted by Gasteiger charge is -2.06. The number of hydrogen-bond donors (Lipinski definition) is 0. The minimum absolute atomic E-state index is 0.295. The van der Waals surface area contributed by atoms with Crippen molar-refractivity contribution in [3.8, 4) is 5.75 Å². The second-order valence-corrected chi connectivity index (χ2v) is 4.07. The molecule has 0 aliphatic carbocycles. The Balaban J connectivity index is 2.03. The SMILES string of the molecule is Fc1ccc(OCc2ccncc2)cc1Br. The summed E-state index contributed by atoms with van der Waals surface area (Å²) in [4.78, 5) is 3.91. The fourth-order valence-electron chi connectivity index (χ4n) is 1.21. The molecule has 2 rings (SSSR count). The van der Waals surface area contributed by atoms with Crippen LogP contribution in [0.15, 0.2) is 47.2 Å². The van der Waals surface area contributed by atoms with E-state index in [4.69, 9.17) is 4.74 Å². The minimum atomic E-state index is -0.295. The van der Waals surface area contributed by atoms with E-state index in [1.165, 1.54) is 6.07 Å². The van der Waals surface area contributed by atoms with Gasteiger partial charge in [0, 0.05) is 12.4 Å². The van der Waals surface area contributed by atoms with Crippen molar-refractivity contribution in [3.05, 3.63) is 58.6 Å². The lowest BCUT2D eigenvalue weighted by Crippen LogP contribution is -1.95. The van der Waals surface area contributed by atoms with Crippen molar-refractivity contribution in [3.63, 3.8) is 0 Å². The summed E-state index contributed by atoms with van der Waals surface area (Å²) in [6.45, 7) is 0.445. The average Bonchev–Trinajstić information content (AvgIpc) is 2.32. The largest absolute Gasteiger partial charge is 0.489 e. The second-order valence-electron chi connectivity index (χ2n) is 3.22. The number of rotatable bonds is 3. The van der Waals surface area contributed by atoms with Crippen molar-refractivity contribution in [2.75, 3.05) is 0 Å². The van der Waals surface area contributed by atoms with Crippen LogP contribution in [0.5, 0.6) is 5.75 Å². The molecule has 0 radical (unpaired) electrons. The van der Waals surface area contributed by atoms with Crippen LogP contribution in [0.1, 0.15) is 5.56 Å². The molecular weight excluding hydrogens is 273 g/mol. The summed E-state index contributed by atoms with van der Waals surface area (Å²) >= 11 is 3.11. The molecule has 0 aliphatic rings. The zero-order chi connectivity index (χ0) is 11.4. The van der Waals surface area contributed by atoms with Gasteiger partial charge in [-0.15, -0.1) is 0 Å². The molecule has 0 amide bonds. The van der Waals surface area contributed by atoms with Crippen LogP contribution in [0.25, 0.3) is 0 Å². The van der Waals surface area contributed by atoms with Crippen molar-refractivity contribution in [1.29, 1.82) is 0 Å². The predicted octanol–water partition coefficient (Wildman–Crippen LogP) is 3.56. The van der Waals surface area contributed by atoms with Crippen LogP contribution >= 0.6 is 15.9 Å². The molecule has 2 nitrogen and oxygen atoms in total. The molecule has 0 aliphatic heterocycles. The van der Waals surface area contributed by atoms with Gasteiger partial charge in [0.05, 0.1) is 4.47 Å². The van der Waals surface area contributed by atoms with Crippen LogP contribution < -0.4 is 4.74 Å². The number of pyridine rings is 1. The maximum Gasteiger partial charge on any atom is 0.137 e. The van der Waals surface area contributed by atoms with E-state index in [0.29, 0.717) is 16.8 Å². The van der Waals surface area contributed by atoms with Crippen LogP contribution in [-0.4, -0.2) is 4.98 Å². The molecular formula is C12H9BrFNO. The average molecular weight is 282 g/mol. The van der Waals surface area contributed by atoms with Crippen LogP contribution in [0.2, 0.25) is 0 Å². The van der Waals surface area contributed by atoms with E-state index in [9.17, 15) is 4.39 Å². The highest BCUT2D eigenvalue weighted by Crippen LogP contribution is 2.22. The molecule has 16 heavy (non-hydrogen) atoms. The van der Waals surface area contributed by atoms with Crippen molar-refractivity contribution >= 4 is 15.9 Å². The highest BCUT2D eigenvalue weighted by molar-refractivity contribution is 9.10. The summed E-state index contributed by atoms with van der Waals surface area (Å²) in [5, 5.41) is 0. The molecule has 1 aromatic carbocycles. The molecule has 0 bridgehead atoms. The monoisotopic (exact) mass is 281 g/mol. The van der Waals surface area contributed by atoms with Gasteiger partial charge < -0.3 is 4.74 Å². The molecule has 0 spiro atoms. The maximum atomic E-state index is 13.0. The van der Waals surface area contributed by atoms with Gasteiger partial charge in [-0.1, -0.05) is 0 Å². The van der Waals surface area contributed by atoms with Crippen molar-refractivity contribution in [2.45, 2.75) is 6.61 Å². The number of benzene rings is 1. The molecule has 4 heteroatoms. The summed E-state index contributed by atoms with van der Waals surface area (Å²) in [6, 6.07) is 8.32. The fourth-order valence-corrected chi connectivity index (χ4v) is 1.57. The van der Waals surface area contributed by atoms with Gasteiger partial charge >= 0.3 is 0 Å². The van der Waals surface area contributed by atoms with E-state index in [1.807, 2.05) is 12.1 Å².